The highest BCUT2D eigenvalue weighted by Gasteiger charge is 2.19. The monoisotopic (exact) mass is 269 g/mol. The van der Waals surface area contributed by atoms with Crippen molar-refractivity contribution in [2.75, 3.05) is 26.2 Å². The molecule has 0 aromatic heterocycles. The molecule has 5 heteroatoms. The van der Waals surface area contributed by atoms with Gasteiger partial charge in [0.25, 0.3) is 0 Å². The summed E-state index contributed by atoms with van der Waals surface area (Å²) in [5.41, 5.74) is 5.86. The molecule has 110 valence electrons. The van der Waals surface area contributed by atoms with Crippen LogP contribution in [0.5, 0.6) is 0 Å². The highest BCUT2D eigenvalue weighted by Crippen LogP contribution is 2.19. The van der Waals surface area contributed by atoms with Crippen molar-refractivity contribution in [2.24, 2.45) is 5.73 Å². The first-order valence-electron chi connectivity index (χ1n) is 7.65. The van der Waals surface area contributed by atoms with Crippen LogP contribution < -0.4 is 11.1 Å². The van der Waals surface area contributed by atoms with Crippen LogP contribution in [0, 0.1) is 0 Å². The molecule has 2 rings (SSSR count). The fraction of sp³-hybridized carbons (Fsp3) is 0.929. The van der Waals surface area contributed by atoms with Crippen molar-refractivity contribution in [3.63, 3.8) is 0 Å². The summed E-state index contributed by atoms with van der Waals surface area (Å²) in [5.74, 6) is 0. The van der Waals surface area contributed by atoms with Crippen LogP contribution in [0.1, 0.15) is 44.9 Å². The summed E-state index contributed by atoms with van der Waals surface area (Å²) in [4.78, 5) is 13.6. The van der Waals surface area contributed by atoms with Gasteiger partial charge < -0.3 is 20.7 Å². The number of ether oxygens (including phenoxy) is 1. The zero-order valence-electron chi connectivity index (χ0n) is 11.8. The number of carbonyl (C=O) groups is 1. The molecule has 19 heavy (non-hydrogen) atoms. The summed E-state index contributed by atoms with van der Waals surface area (Å²) in [6.07, 6.45) is 7.88. The lowest BCUT2D eigenvalue weighted by molar-refractivity contribution is 0.0242. The van der Waals surface area contributed by atoms with Gasteiger partial charge >= 0.3 is 6.03 Å². The second-order valence-corrected chi connectivity index (χ2v) is 5.69. The van der Waals surface area contributed by atoms with Gasteiger partial charge in [-0.05, 0) is 44.9 Å². The van der Waals surface area contributed by atoms with E-state index in [1.807, 2.05) is 4.90 Å². The number of urea groups is 1. The molecule has 3 N–H and O–H groups in total. The van der Waals surface area contributed by atoms with Crippen molar-refractivity contribution in [3.8, 4) is 0 Å². The fourth-order valence-electron chi connectivity index (χ4n) is 2.80. The first-order valence-corrected chi connectivity index (χ1v) is 7.65. The highest BCUT2D eigenvalue weighted by atomic mass is 16.5. The summed E-state index contributed by atoms with van der Waals surface area (Å²) in [6, 6.07) is 0.459. The van der Waals surface area contributed by atoms with E-state index >= 15 is 0 Å². The molecule has 1 aliphatic carbocycles. The number of hydrogen-bond donors (Lipinski definition) is 2. The number of nitrogens with zero attached hydrogens (tertiary/aromatic N) is 1. The molecule has 0 aromatic rings. The Balaban J connectivity index is 1.46. The Morgan fingerprint density at radius 1 is 1.21 bits per heavy atom. The molecule has 0 spiro atoms. The molecule has 0 aromatic carbocycles. The van der Waals surface area contributed by atoms with E-state index in [0.29, 0.717) is 18.7 Å². The number of likely N-dealkylation sites (tertiary alicyclic amines) is 1. The van der Waals surface area contributed by atoms with E-state index in [0.717, 1.165) is 64.6 Å². The second-order valence-electron chi connectivity index (χ2n) is 5.69. The van der Waals surface area contributed by atoms with Crippen molar-refractivity contribution >= 4 is 6.03 Å². The van der Waals surface area contributed by atoms with E-state index in [4.69, 9.17) is 10.5 Å². The van der Waals surface area contributed by atoms with Crippen LogP contribution in [0.3, 0.4) is 0 Å². The van der Waals surface area contributed by atoms with Crippen LogP contribution in [-0.2, 0) is 4.74 Å². The molecule has 1 aliphatic heterocycles. The topological polar surface area (TPSA) is 67.6 Å². The first-order chi connectivity index (χ1) is 9.25. The summed E-state index contributed by atoms with van der Waals surface area (Å²) in [7, 11) is 0. The number of nitrogens with two attached hydrogens (primary N) is 1. The van der Waals surface area contributed by atoms with E-state index in [1.165, 1.54) is 0 Å². The highest BCUT2D eigenvalue weighted by molar-refractivity contribution is 5.74. The van der Waals surface area contributed by atoms with E-state index in [-0.39, 0.29) is 6.03 Å². The van der Waals surface area contributed by atoms with Gasteiger partial charge in [0.05, 0.1) is 6.10 Å². The van der Waals surface area contributed by atoms with Crippen LogP contribution in [-0.4, -0.2) is 49.3 Å². The lowest BCUT2D eigenvalue weighted by Gasteiger charge is -2.26. The third-order valence-electron chi connectivity index (χ3n) is 4.06. The molecule has 0 radical (unpaired) electrons. The summed E-state index contributed by atoms with van der Waals surface area (Å²) in [5, 5.41) is 2.96. The summed E-state index contributed by atoms with van der Waals surface area (Å²) >= 11 is 0. The first kappa shape index (κ1) is 14.6. The van der Waals surface area contributed by atoms with Crippen LogP contribution in [0.2, 0.25) is 0 Å². The third kappa shape index (κ3) is 4.99. The van der Waals surface area contributed by atoms with Gasteiger partial charge in [0.2, 0.25) is 0 Å². The maximum Gasteiger partial charge on any atom is 0.317 e. The molecule has 0 bridgehead atoms. The molecule has 5 nitrogen and oxygen atoms in total. The van der Waals surface area contributed by atoms with Gasteiger partial charge in [-0.1, -0.05) is 0 Å². The Hall–Kier alpha value is -0.810. The minimum atomic E-state index is 0.0844. The van der Waals surface area contributed by atoms with E-state index < -0.39 is 0 Å². The van der Waals surface area contributed by atoms with Gasteiger partial charge in [0.15, 0.2) is 0 Å². The molecular weight excluding hydrogens is 242 g/mol. The number of rotatable bonds is 5. The maximum absolute atomic E-state index is 11.7. The molecule has 0 unspecified atom stereocenters. The van der Waals surface area contributed by atoms with Crippen molar-refractivity contribution in [2.45, 2.75) is 57.1 Å². The average molecular weight is 269 g/mol. The Bertz CT molecular complexity index is 272. The van der Waals surface area contributed by atoms with Gasteiger partial charge in [-0.3, -0.25) is 0 Å². The van der Waals surface area contributed by atoms with Crippen molar-refractivity contribution in [1.29, 1.82) is 0 Å². The molecule has 2 aliphatic rings. The van der Waals surface area contributed by atoms with E-state index in [1.54, 1.807) is 0 Å². The van der Waals surface area contributed by atoms with Gasteiger partial charge in [-0.2, -0.15) is 0 Å². The summed E-state index contributed by atoms with van der Waals surface area (Å²) < 4.78 is 5.82. The van der Waals surface area contributed by atoms with Gasteiger partial charge in [0.1, 0.15) is 0 Å². The number of nitrogens with one attached hydrogen (secondary N) is 1. The minimum Gasteiger partial charge on any atom is -0.378 e. The van der Waals surface area contributed by atoms with Crippen LogP contribution >= 0.6 is 0 Å². The maximum atomic E-state index is 11.7. The Labute approximate surface area is 115 Å². The van der Waals surface area contributed by atoms with Gasteiger partial charge in [-0.25, -0.2) is 4.79 Å². The van der Waals surface area contributed by atoms with Gasteiger partial charge in [0, 0.05) is 32.3 Å². The Kier molecular flexibility index (Phi) is 5.92. The molecule has 1 saturated carbocycles. The van der Waals surface area contributed by atoms with E-state index in [2.05, 4.69) is 5.32 Å². The van der Waals surface area contributed by atoms with Crippen molar-refractivity contribution in [3.05, 3.63) is 0 Å². The summed E-state index contributed by atoms with van der Waals surface area (Å²) in [6.45, 7) is 3.26. The van der Waals surface area contributed by atoms with Crippen LogP contribution in [0.25, 0.3) is 0 Å². The zero-order chi connectivity index (χ0) is 13.5. The molecule has 0 atom stereocenters. The molecular formula is C14H27N3O2. The SMILES string of the molecule is NC1CCC(OCCCNC(=O)N2CCCC2)CC1. The quantitative estimate of drug-likeness (QED) is 0.743. The Morgan fingerprint density at radius 3 is 2.58 bits per heavy atom. The minimum absolute atomic E-state index is 0.0844. The number of carbonyl (C=O) groups excluding carboxylic acids is 1. The van der Waals surface area contributed by atoms with Crippen LogP contribution in [0.4, 0.5) is 4.79 Å². The lowest BCUT2D eigenvalue weighted by atomic mass is 9.94. The van der Waals surface area contributed by atoms with Crippen molar-refractivity contribution in [1.82, 2.24) is 10.2 Å². The lowest BCUT2D eigenvalue weighted by Crippen LogP contribution is -2.38. The predicted molar refractivity (Wildman–Crippen MR) is 75.0 cm³/mol. The standard InChI is InChI=1S/C14H27N3O2/c15-12-4-6-13(7-5-12)19-11-3-8-16-14(18)17-9-1-2-10-17/h12-13H,1-11,15H2,(H,16,18). The second kappa shape index (κ2) is 7.70. The molecule has 1 heterocycles. The predicted octanol–water partition coefficient (Wildman–Crippen LogP) is 1.47. The number of amides is 2. The Morgan fingerprint density at radius 2 is 1.89 bits per heavy atom. The van der Waals surface area contributed by atoms with Crippen LogP contribution in [0.15, 0.2) is 0 Å². The fourth-order valence-corrected chi connectivity index (χ4v) is 2.80. The molecule has 1 saturated heterocycles. The molecule has 2 amide bonds. The van der Waals surface area contributed by atoms with E-state index in [9.17, 15) is 4.79 Å². The largest absolute Gasteiger partial charge is 0.378 e. The smallest absolute Gasteiger partial charge is 0.317 e. The van der Waals surface area contributed by atoms with Crippen molar-refractivity contribution < 1.29 is 9.53 Å². The average Bonchev–Trinajstić information content (AvgIpc) is 2.94. The number of hydrogen-bond acceptors (Lipinski definition) is 3. The third-order valence-corrected chi connectivity index (χ3v) is 4.06. The molecule has 2 fully saturated rings. The van der Waals surface area contributed by atoms with Gasteiger partial charge in [-0.15, -0.1) is 0 Å². The zero-order valence-corrected chi connectivity index (χ0v) is 11.8. The normalized spacial score (nSPS) is 27.5.